The summed E-state index contributed by atoms with van der Waals surface area (Å²) in [7, 11) is 0. The number of aliphatic hydroxyl groups is 1. The number of aryl methyl sites for hydroxylation is 1. The van der Waals surface area contributed by atoms with Gasteiger partial charge in [0.05, 0.1) is 6.61 Å². The molecule has 1 fully saturated rings. The maximum atomic E-state index is 9.63. The van der Waals surface area contributed by atoms with Crippen molar-refractivity contribution in [3.8, 4) is 5.88 Å². The Labute approximate surface area is 128 Å². The van der Waals surface area contributed by atoms with Crippen LogP contribution < -0.4 is 4.74 Å². The van der Waals surface area contributed by atoms with Crippen molar-refractivity contribution in [3.63, 3.8) is 0 Å². The van der Waals surface area contributed by atoms with E-state index < -0.39 is 0 Å². The molecule has 1 aromatic heterocycles. The topological polar surface area (TPSA) is 42.4 Å². The number of hydrogen-bond acceptors (Lipinski definition) is 3. The molecule has 1 aliphatic carbocycles. The van der Waals surface area contributed by atoms with Gasteiger partial charge in [0.1, 0.15) is 6.10 Å². The van der Waals surface area contributed by atoms with Crippen LogP contribution in [0.2, 0.25) is 0 Å². The summed E-state index contributed by atoms with van der Waals surface area (Å²) in [5.41, 5.74) is 1.99. The number of aromatic nitrogens is 1. The van der Waals surface area contributed by atoms with Gasteiger partial charge in [0.15, 0.2) is 0 Å². The molecule has 1 aromatic rings. The molecule has 1 heterocycles. The highest BCUT2D eigenvalue weighted by Crippen LogP contribution is 2.34. The molecule has 21 heavy (non-hydrogen) atoms. The predicted octanol–water partition coefficient (Wildman–Crippen LogP) is 3.98. The van der Waals surface area contributed by atoms with E-state index in [1.165, 1.54) is 6.42 Å². The number of hydrogen-bond donors (Lipinski definition) is 1. The SMILES string of the molecule is CCc1ccnc(OC2CCC(C)C(C)C(C)C2)c1CO. The average molecular weight is 291 g/mol. The summed E-state index contributed by atoms with van der Waals surface area (Å²) < 4.78 is 6.20. The Balaban J connectivity index is 2.14. The molecule has 3 heteroatoms. The summed E-state index contributed by atoms with van der Waals surface area (Å²) in [5.74, 6) is 2.79. The Morgan fingerprint density at radius 1 is 1.24 bits per heavy atom. The van der Waals surface area contributed by atoms with Crippen LogP contribution in [0.25, 0.3) is 0 Å². The minimum atomic E-state index is 0.00141. The maximum absolute atomic E-state index is 9.63. The number of rotatable bonds is 4. The number of pyridine rings is 1. The zero-order chi connectivity index (χ0) is 15.4. The van der Waals surface area contributed by atoms with Crippen molar-refractivity contribution in [2.45, 2.75) is 66.1 Å². The predicted molar refractivity (Wildman–Crippen MR) is 85.3 cm³/mol. The van der Waals surface area contributed by atoms with E-state index in [2.05, 4.69) is 32.7 Å². The molecule has 0 bridgehead atoms. The van der Waals surface area contributed by atoms with Crippen LogP contribution in [0.4, 0.5) is 0 Å². The zero-order valence-corrected chi connectivity index (χ0v) is 13.8. The fourth-order valence-electron chi connectivity index (χ4n) is 3.40. The van der Waals surface area contributed by atoms with Crippen molar-refractivity contribution < 1.29 is 9.84 Å². The molecular weight excluding hydrogens is 262 g/mol. The third kappa shape index (κ3) is 3.76. The summed E-state index contributed by atoms with van der Waals surface area (Å²) >= 11 is 0. The van der Waals surface area contributed by atoms with Gasteiger partial charge in [-0.25, -0.2) is 4.98 Å². The number of ether oxygens (including phenoxy) is 1. The lowest BCUT2D eigenvalue weighted by atomic mass is 9.84. The monoisotopic (exact) mass is 291 g/mol. The number of aliphatic hydroxyl groups excluding tert-OH is 1. The summed E-state index contributed by atoms with van der Waals surface area (Å²) in [5, 5.41) is 9.63. The Hall–Kier alpha value is -1.09. The van der Waals surface area contributed by atoms with Crippen LogP contribution >= 0.6 is 0 Å². The first kappa shape index (κ1) is 16.3. The van der Waals surface area contributed by atoms with Crippen LogP contribution in [0.3, 0.4) is 0 Å². The Morgan fingerprint density at radius 3 is 2.67 bits per heavy atom. The van der Waals surface area contributed by atoms with Gasteiger partial charge in [0, 0.05) is 11.8 Å². The molecule has 4 unspecified atom stereocenters. The molecule has 3 nitrogen and oxygen atoms in total. The minimum Gasteiger partial charge on any atom is -0.474 e. The molecule has 0 saturated heterocycles. The van der Waals surface area contributed by atoms with Crippen molar-refractivity contribution in [2.75, 3.05) is 0 Å². The summed E-state index contributed by atoms with van der Waals surface area (Å²) in [6.07, 6.45) is 6.27. The molecular formula is C18H29NO2. The van der Waals surface area contributed by atoms with E-state index in [9.17, 15) is 5.11 Å². The fourth-order valence-corrected chi connectivity index (χ4v) is 3.40. The van der Waals surface area contributed by atoms with Gasteiger partial charge in [-0.3, -0.25) is 0 Å². The van der Waals surface area contributed by atoms with Crippen molar-refractivity contribution >= 4 is 0 Å². The highest BCUT2D eigenvalue weighted by Gasteiger charge is 2.28. The van der Waals surface area contributed by atoms with Crippen molar-refractivity contribution in [3.05, 3.63) is 23.4 Å². The summed E-state index contributed by atoms with van der Waals surface area (Å²) in [6.45, 7) is 9.12. The molecule has 0 spiro atoms. The molecule has 0 aromatic carbocycles. The van der Waals surface area contributed by atoms with E-state index in [4.69, 9.17) is 4.74 Å². The van der Waals surface area contributed by atoms with E-state index in [0.717, 1.165) is 42.2 Å². The summed E-state index contributed by atoms with van der Waals surface area (Å²) in [6, 6.07) is 1.97. The van der Waals surface area contributed by atoms with Gasteiger partial charge in [0.25, 0.3) is 0 Å². The second kappa shape index (κ2) is 7.26. The molecule has 1 N–H and O–H groups in total. The van der Waals surface area contributed by atoms with E-state index in [-0.39, 0.29) is 12.7 Å². The standard InChI is InChI=1S/C18H29NO2/c1-5-15-8-9-19-18(17(15)11-20)21-16-7-6-12(2)14(4)13(3)10-16/h8-9,12-14,16,20H,5-7,10-11H2,1-4H3. The van der Waals surface area contributed by atoms with Crippen LogP contribution in [0, 0.1) is 17.8 Å². The average Bonchev–Trinajstić information content (AvgIpc) is 2.61. The smallest absolute Gasteiger partial charge is 0.219 e. The van der Waals surface area contributed by atoms with Gasteiger partial charge in [-0.1, -0.05) is 27.7 Å². The van der Waals surface area contributed by atoms with E-state index >= 15 is 0 Å². The molecule has 4 atom stereocenters. The van der Waals surface area contributed by atoms with Gasteiger partial charge in [0.2, 0.25) is 5.88 Å². The third-order valence-electron chi connectivity index (χ3n) is 5.30. The molecule has 0 radical (unpaired) electrons. The number of nitrogens with zero attached hydrogens (tertiary/aromatic N) is 1. The van der Waals surface area contributed by atoms with Crippen LogP contribution in [0.15, 0.2) is 12.3 Å². The van der Waals surface area contributed by atoms with Crippen molar-refractivity contribution in [1.82, 2.24) is 4.98 Å². The Kier molecular flexibility index (Phi) is 5.63. The van der Waals surface area contributed by atoms with Crippen LogP contribution in [-0.4, -0.2) is 16.2 Å². The van der Waals surface area contributed by atoms with Crippen molar-refractivity contribution in [1.29, 1.82) is 0 Å². The third-order valence-corrected chi connectivity index (χ3v) is 5.30. The van der Waals surface area contributed by atoms with Crippen molar-refractivity contribution in [2.24, 2.45) is 17.8 Å². The summed E-state index contributed by atoms with van der Waals surface area (Å²) in [4.78, 5) is 4.36. The molecule has 0 aliphatic heterocycles. The fraction of sp³-hybridized carbons (Fsp3) is 0.722. The normalized spacial score (nSPS) is 30.0. The first-order valence-electron chi connectivity index (χ1n) is 8.31. The minimum absolute atomic E-state index is 0.00141. The van der Waals surface area contributed by atoms with E-state index in [0.29, 0.717) is 11.8 Å². The maximum Gasteiger partial charge on any atom is 0.219 e. The lowest BCUT2D eigenvalue weighted by Gasteiger charge is -2.23. The molecule has 2 rings (SSSR count). The van der Waals surface area contributed by atoms with Crippen LogP contribution in [0.5, 0.6) is 5.88 Å². The van der Waals surface area contributed by atoms with Gasteiger partial charge >= 0.3 is 0 Å². The van der Waals surface area contributed by atoms with Gasteiger partial charge in [-0.05, 0) is 55.1 Å². The quantitative estimate of drug-likeness (QED) is 0.853. The lowest BCUT2D eigenvalue weighted by molar-refractivity contribution is 0.151. The largest absolute Gasteiger partial charge is 0.474 e. The Bertz CT molecular complexity index is 461. The molecule has 1 aliphatic rings. The molecule has 1 saturated carbocycles. The van der Waals surface area contributed by atoms with E-state index in [1.807, 2.05) is 6.07 Å². The van der Waals surface area contributed by atoms with Gasteiger partial charge in [-0.15, -0.1) is 0 Å². The lowest BCUT2D eigenvalue weighted by Crippen LogP contribution is -2.21. The zero-order valence-electron chi connectivity index (χ0n) is 13.8. The van der Waals surface area contributed by atoms with E-state index in [1.54, 1.807) is 6.20 Å². The van der Waals surface area contributed by atoms with Crippen LogP contribution in [0.1, 0.15) is 58.1 Å². The second-order valence-corrected chi connectivity index (χ2v) is 6.63. The van der Waals surface area contributed by atoms with Crippen LogP contribution in [-0.2, 0) is 13.0 Å². The first-order chi connectivity index (χ1) is 10.1. The van der Waals surface area contributed by atoms with Gasteiger partial charge < -0.3 is 9.84 Å². The molecule has 118 valence electrons. The molecule has 0 amide bonds. The Morgan fingerprint density at radius 2 is 2.00 bits per heavy atom. The highest BCUT2D eigenvalue weighted by molar-refractivity contribution is 5.34. The highest BCUT2D eigenvalue weighted by atomic mass is 16.5. The first-order valence-corrected chi connectivity index (χ1v) is 8.31. The second-order valence-electron chi connectivity index (χ2n) is 6.63. The van der Waals surface area contributed by atoms with Gasteiger partial charge in [-0.2, -0.15) is 0 Å².